The molecule has 0 radical (unpaired) electrons. The molecule has 0 amide bonds. The number of hydrogen-bond acceptors (Lipinski definition) is 7. The van der Waals surface area contributed by atoms with E-state index in [1.165, 1.54) is 12.8 Å². The van der Waals surface area contributed by atoms with Gasteiger partial charge in [0.15, 0.2) is 6.10 Å². The van der Waals surface area contributed by atoms with Crippen LogP contribution >= 0.6 is 7.82 Å². The molecule has 0 fully saturated rings. The molecule has 0 heterocycles. The topological polar surface area (TPSA) is 108 Å². The van der Waals surface area contributed by atoms with Crippen LogP contribution in [0.5, 0.6) is 0 Å². The van der Waals surface area contributed by atoms with E-state index in [9.17, 15) is 19.0 Å². The van der Waals surface area contributed by atoms with E-state index in [1.807, 2.05) is 33.3 Å². The number of phosphoric acid groups is 1. The molecule has 1 N–H and O–H groups in total. The molecular formula is C40H69NO8P+. The first-order valence-corrected chi connectivity index (χ1v) is 20.2. The van der Waals surface area contributed by atoms with Gasteiger partial charge in [-0.1, -0.05) is 119 Å². The highest BCUT2D eigenvalue weighted by atomic mass is 31.2. The van der Waals surface area contributed by atoms with Crippen LogP contribution in [0.15, 0.2) is 72.9 Å². The first-order chi connectivity index (χ1) is 24.0. The molecule has 286 valence electrons. The molecule has 2 atom stereocenters. The van der Waals surface area contributed by atoms with Gasteiger partial charge in [0.2, 0.25) is 0 Å². The van der Waals surface area contributed by atoms with Gasteiger partial charge in [-0.05, 0) is 57.8 Å². The molecule has 0 spiro atoms. The van der Waals surface area contributed by atoms with Gasteiger partial charge in [0, 0.05) is 6.42 Å². The Hall–Kier alpha value is -2.55. The van der Waals surface area contributed by atoms with Crippen molar-refractivity contribution in [3.8, 4) is 0 Å². The van der Waals surface area contributed by atoms with Crippen molar-refractivity contribution in [2.24, 2.45) is 0 Å². The Morgan fingerprint density at radius 1 is 0.660 bits per heavy atom. The van der Waals surface area contributed by atoms with Crippen LogP contribution in [0.2, 0.25) is 0 Å². The third-order valence-electron chi connectivity index (χ3n) is 7.25. The van der Waals surface area contributed by atoms with Crippen molar-refractivity contribution in [1.82, 2.24) is 0 Å². The molecule has 0 aliphatic rings. The summed E-state index contributed by atoms with van der Waals surface area (Å²) in [4.78, 5) is 35.1. The summed E-state index contributed by atoms with van der Waals surface area (Å²) in [6.07, 6.45) is 38.4. The number of ether oxygens (including phenoxy) is 2. The van der Waals surface area contributed by atoms with Gasteiger partial charge in [-0.2, -0.15) is 0 Å². The van der Waals surface area contributed by atoms with Crippen LogP contribution in [0.3, 0.4) is 0 Å². The van der Waals surface area contributed by atoms with Crippen molar-refractivity contribution in [3.63, 3.8) is 0 Å². The van der Waals surface area contributed by atoms with E-state index < -0.39 is 32.5 Å². The van der Waals surface area contributed by atoms with Gasteiger partial charge in [0.25, 0.3) is 0 Å². The largest absolute Gasteiger partial charge is 0.472 e. The van der Waals surface area contributed by atoms with E-state index in [2.05, 4.69) is 68.5 Å². The fourth-order valence-corrected chi connectivity index (χ4v) is 5.04. The lowest BCUT2D eigenvalue weighted by Crippen LogP contribution is -2.37. The summed E-state index contributed by atoms with van der Waals surface area (Å²) in [6, 6.07) is 0. The van der Waals surface area contributed by atoms with Gasteiger partial charge < -0.3 is 18.9 Å². The lowest BCUT2D eigenvalue weighted by Gasteiger charge is -2.24. The van der Waals surface area contributed by atoms with Gasteiger partial charge >= 0.3 is 19.8 Å². The lowest BCUT2D eigenvalue weighted by atomic mass is 10.1. The zero-order valence-electron chi connectivity index (χ0n) is 31.8. The maximum absolute atomic E-state index is 12.5. The Balaban J connectivity index is 4.64. The van der Waals surface area contributed by atoms with Gasteiger partial charge in [0.1, 0.15) is 19.8 Å². The Morgan fingerprint density at radius 2 is 1.20 bits per heavy atom. The summed E-state index contributed by atoms with van der Waals surface area (Å²) in [5.74, 6) is -0.968. The van der Waals surface area contributed by atoms with Crippen molar-refractivity contribution in [2.75, 3.05) is 47.5 Å². The third-order valence-corrected chi connectivity index (χ3v) is 8.24. The van der Waals surface area contributed by atoms with Crippen LogP contribution in [-0.4, -0.2) is 74.9 Å². The number of carbonyl (C=O) groups is 2. The summed E-state index contributed by atoms with van der Waals surface area (Å²) >= 11 is 0. The van der Waals surface area contributed by atoms with Crippen molar-refractivity contribution in [3.05, 3.63) is 72.9 Å². The van der Waals surface area contributed by atoms with Crippen LogP contribution < -0.4 is 0 Å². The highest BCUT2D eigenvalue weighted by molar-refractivity contribution is 7.47. The lowest BCUT2D eigenvalue weighted by molar-refractivity contribution is -0.870. The summed E-state index contributed by atoms with van der Waals surface area (Å²) < 4.78 is 34.0. The molecule has 10 heteroatoms. The number of esters is 2. The Bertz CT molecular complexity index is 1090. The molecule has 0 saturated carbocycles. The van der Waals surface area contributed by atoms with Gasteiger partial charge in [-0.15, -0.1) is 0 Å². The maximum atomic E-state index is 12.5. The molecule has 0 aliphatic carbocycles. The van der Waals surface area contributed by atoms with Crippen LogP contribution in [0.1, 0.15) is 117 Å². The predicted octanol–water partition coefficient (Wildman–Crippen LogP) is 9.90. The molecule has 0 aromatic rings. The monoisotopic (exact) mass is 722 g/mol. The van der Waals surface area contributed by atoms with Crippen LogP contribution in [0, 0.1) is 0 Å². The fourth-order valence-electron chi connectivity index (χ4n) is 4.30. The van der Waals surface area contributed by atoms with E-state index in [-0.39, 0.29) is 26.1 Å². The maximum Gasteiger partial charge on any atom is 0.472 e. The van der Waals surface area contributed by atoms with Gasteiger partial charge in [0.05, 0.1) is 34.2 Å². The van der Waals surface area contributed by atoms with Crippen molar-refractivity contribution >= 4 is 19.8 Å². The second kappa shape index (κ2) is 32.4. The minimum atomic E-state index is -4.40. The molecule has 2 unspecified atom stereocenters. The number of carbonyl (C=O) groups excluding carboxylic acids is 2. The summed E-state index contributed by atoms with van der Waals surface area (Å²) in [5, 5.41) is 0. The molecule has 50 heavy (non-hydrogen) atoms. The zero-order chi connectivity index (χ0) is 37.2. The molecule has 9 nitrogen and oxygen atoms in total. The predicted molar refractivity (Wildman–Crippen MR) is 206 cm³/mol. The van der Waals surface area contributed by atoms with Crippen molar-refractivity contribution < 1.29 is 42.1 Å². The van der Waals surface area contributed by atoms with E-state index in [0.29, 0.717) is 23.9 Å². The number of nitrogens with zero attached hydrogens (tertiary/aromatic N) is 1. The summed E-state index contributed by atoms with van der Waals surface area (Å²) in [5.41, 5.74) is 0. The minimum absolute atomic E-state index is 0.00326. The number of likely N-dealkylation sites (N-methyl/N-ethyl adjacent to an activating group) is 1. The average Bonchev–Trinajstić information content (AvgIpc) is 3.06. The van der Waals surface area contributed by atoms with Gasteiger partial charge in [-0.3, -0.25) is 18.6 Å². The average molecular weight is 723 g/mol. The SMILES string of the molecule is CC/C=C\C/C=C\C/C=C\C/C=C\C/C=C\CC(=O)OC(COC(=O)CCCCCCC/C=C\CCCC)COP(=O)(O)OCC[N+](C)(C)C. The normalized spacial score (nSPS) is 14.6. The minimum Gasteiger partial charge on any atom is -0.462 e. The molecule has 0 aromatic carbocycles. The Labute approximate surface area is 304 Å². The molecule has 0 aromatic heterocycles. The number of quaternary nitrogens is 1. The molecule has 0 aliphatic heterocycles. The number of rotatable bonds is 32. The molecule has 0 rings (SSSR count). The first kappa shape index (κ1) is 47.4. The van der Waals surface area contributed by atoms with Crippen molar-refractivity contribution in [2.45, 2.75) is 123 Å². The van der Waals surface area contributed by atoms with E-state index in [0.717, 1.165) is 64.2 Å². The van der Waals surface area contributed by atoms with E-state index in [1.54, 1.807) is 6.08 Å². The second-order valence-corrected chi connectivity index (χ2v) is 14.7. The van der Waals surface area contributed by atoms with Crippen molar-refractivity contribution in [1.29, 1.82) is 0 Å². The van der Waals surface area contributed by atoms with E-state index in [4.69, 9.17) is 18.5 Å². The first-order valence-electron chi connectivity index (χ1n) is 18.7. The number of allylic oxidation sites excluding steroid dienone is 11. The summed E-state index contributed by atoms with van der Waals surface area (Å²) in [6.45, 7) is 4.10. The molecule has 0 bridgehead atoms. The smallest absolute Gasteiger partial charge is 0.462 e. The van der Waals surface area contributed by atoms with Crippen LogP contribution in [0.25, 0.3) is 0 Å². The van der Waals surface area contributed by atoms with Crippen LogP contribution in [-0.2, 0) is 32.7 Å². The standard InChI is InChI=1S/C40H68NO8P/c1-6-8-10-12-14-16-18-19-20-21-23-25-27-29-31-33-40(43)49-38(37-48-50(44,45)47-35-34-41(3,4)5)36-46-39(42)32-30-28-26-24-22-17-15-13-11-9-7-2/h8,10,13-16,19-20,23,25,29,31,38H,6-7,9,11-12,17-18,21-22,24,26-28,30,32-37H2,1-5H3/p+1/b10-8-,15-13-,16-14-,20-19-,25-23-,31-29-. The zero-order valence-corrected chi connectivity index (χ0v) is 32.7. The molecular weight excluding hydrogens is 653 g/mol. The Morgan fingerprint density at radius 3 is 1.78 bits per heavy atom. The highest BCUT2D eigenvalue weighted by Gasteiger charge is 2.26. The second-order valence-electron chi connectivity index (χ2n) is 13.2. The fraction of sp³-hybridized carbons (Fsp3) is 0.650. The number of hydrogen-bond donors (Lipinski definition) is 1. The summed E-state index contributed by atoms with van der Waals surface area (Å²) in [7, 11) is 1.40. The highest BCUT2D eigenvalue weighted by Crippen LogP contribution is 2.43. The van der Waals surface area contributed by atoms with Gasteiger partial charge in [-0.25, -0.2) is 4.57 Å². The number of unbranched alkanes of at least 4 members (excludes halogenated alkanes) is 7. The quantitative estimate of drug-likeness (QED) is 0.0240. The molecule has 0 saturated heterocycles. The Kier molecular flexibility index (Phi) is 30.7. The third kappa shape index (κ3) is 35.3. The van der Waals surface area contributed by atoms with Crippen LogP contribution in [0.4, 0.5) is 0 Å². The number of phosphoric ester groups is 1. The van der Waals surface area contributed by atoms with E-state index >= 15 is 0 Å².